The predicted octanol–water partition coefficient (Wildman–Crippen LogP) is 1.41. The Balaban J connectivity index is 1.82. The zero-order valence-corrected chi connectivity index (χ0v) is 12.0. The van der Waals surface area contributed by atoms with Crippen molar-refractivity contribution in [3.05, 3.63) is 16.6 Å². The van der Waals surface area contributed by atoms with Crippen molar-refractivity contribution in [2.24, 2.45) is 18.7 Å². The van der Waals surface area contributed by atoms with Gasteiger partial charge in [-0.25, -0.2) is 0 Å². The van der Waals surface area contributed by atoms with E-state index in [1.165, 1.54) is 24.2 Å². The second-order valence-corrected chi connectivity index (χ2v) is 6.22. The van der Waals surface area contributed by atoms with E-state index < -0.39 is 0 Å². The molecule has 1 fully saturated rings. The van der Waals surface area contributed by atoms with Crippen LogP contribution in [-0.4, -0.2) is 28.3 Å². The summed E-state index contributed by atoms with van der Waals surface area (Å²) in [5, 5.41) is 8.46. The molecule has 0 aliphatic heterocycles. The van der Waals surface area contributed by atoms with Gasteiger partial charge in [-0.3, -0.25) is 9.48 Å². The predicted molar refractivity (Wildman–Crippen MR) is 76.4 cm³/mol. The maximum absolute atomic E-state index is 12.3. The number of carbonyl (C=O) groups is 1. The quantitative estimate of drug-likeness (QED) is 0.888. The molecule has 1 amide bonds. The number of amides is 1. The van der Waals surface area contributed by atoms with E-state index in [0.29, 0.717) is 12.5 Å². The van der Waals surface area contributed by atoms with Crippen LogP contribution >= 0.6 is 11.3 Å². The van der Waals surface area contributed by atoms with Gasteiger partial charge in [-0.15, -0.1) is 11.3 Å². The summed E-state index contributed by atoms with van der Waals surface area (Å²) in [4.78, 5) is 14.0. The summed E-state index contributed by atoms with van der Waals surface area (Å²) < 4.78 is 1.83. The maximum atomic E-state index is 12.3. The molecule has 102 valence electrons. The van der Waals surface area contributed by atoms with E-state index in [0.717, 1.165) is 20.8 Å². The number of aryl methyl sites for hydroxylation is 2. The first kappa shape index (κ1) is 12.6. The molecule has 19 heavy (non-hydrogen) atoms. The molecule has 0 radical (unpaired) electrons. The third-order valence-corrected chi connectivity index (χ3v) is 4.88. The molecule has 1 aliphatic rings. The number of nitrogens with zero attached hydrogens (tertiary/aromatic N) is 2. The molecule has 1 saturated carbocycles. The van der Waals surface area contributed by atoms with Crippen molar-refractivity contribution in [2.75, 3.05) is 6.54 Å². The molecule has 2 aromatic heterocycles. The number of nitrogens with two attached hydrogens (primary N) is 1. The summed E-state index contributed by atoms with van der Waals surface area (Å²) in [7, 11) is 1.90. The second-order valence-electron chi connectivity index (χ2n) is 5.19. The highest BCUT2D eigenvalue weighted by Gasteiger charge is 2.31. The Morgan fingerprint density at radius 1 is 1.68 bits per heavy atom. The van der Waals surface area contributed by atoms with Gasteiger partial charge in [0.25, 0.3) is 5.91 Å². The number of carbonyl (C=O) groups excluding carboxylic acids is 1. The average Bonchev–Trinajstić information content (AvgIpc) is 3.05. The Morgan fingerprint density at radius 2 is 2.42 bits per heavy atom. The van der Waals surface area contributed by atoms with Crippen molar-refractivity contribution in [1.29, 1.82) is 0 Å². The van der Waals surface area contributed by atoms with Gasteiger partial charge in [-0.2, -0.15) is 5.10 Å². The Kier molecular flexibility index (Phi) is 3.06. The SMILES string of the molecule is Cc1nn(C)c2sc(C(=O)NC(CN)C3CC3)cc12. The highest BCUT2D eigenvalue weighted by atomic mass is 32.1. The number of rotatable bonds is 4. The van der Waals surface area contributed by atoms with Crippen molar-refractivity contribution >= 4 is 27.5 Å². The molecule has 1 aliphatic carbocycles. The van der Waals surface area contributed by atoms with Gasteiger partial charge in [0.15, 0.2) is 0 Å². The van der Waals surface area contributed by atoms with Crippen molar-refractivity contribution in [2.45, 2.75) is 25.8 Å². The van der Waals surface area contributed by atoms with Gasteiger partial charge < -0.3 is 11.1 Å². The maximum Gasteiger partial charge on any atom is 0.261 e. The van der Waals surface area contributed by atoms with E-state index in [-0.39, 0.29) is 11.9 Å². The van der Waals surface area contributed by atoms with Crippen LogP contribution in [0.5, 0.6) is 0 Å². The molecular formula is C13H18N4OS. The fourth-order valence-electron chi connectivity index (χ4n) is 2.42. The molecule has 3 rings (SSSR count). The molecule has 1 atom stereocenters. The third-order valence-electron chi connectivity index (χ3n) is 3.68. The number of hydrogen-bond donors (Lipinski definition) is 2. The summed E-state index contributed by atoms with van der Waals surface area (Å²) in [6.45, 7) is 2.48. The molecule has 2 aromatic rings. The van der Waals surface area contributed by atoms with Crippen LogP contribution in [0.1, 0.15) is 28.2 Å². The lowest BCUT2D eigenvalue weighted by Gasteiger charge is -2.14. The Labute approximate surface area is 115 Å². The van der Waals surface area contributed by atoms with E-state index in [9.17, 15) is 4.79 Å². The molecule has 6 heteroatoms. The lowest BCUT2D eigenvalue weighted by atomic mass is 10.2. The Morgan fingerprint density at radius 3 is 3.00 bits per heavy atom. The number of nitrogens with one attached hydrogen (secondary N) is 1. The number of fused-ring (bicyclic) bond motifs is 1. The normalized spacial score (nSPS) is 16.8. The highest BCUT2D eigenvalue weighted by Crippen LogP contribution is 2.33. The monoisotopic (exact) mass is 278 g/mol. The van der Waals surface area contributed by atoms with E-state index in [1.54, 1.807) is 0 Å². The lowest BCUT2D eigenvalue weighted by Crippen LogP contribution is -2.41. The van der Waals surface area contributed by atoms with Crippen LogP contribution in [0.25, 0.3) is 10.2 Å². The minimum Gasteiger partial charge on any atom is -0.347 e. The van der Waals surface area contributed by atoms with Crippen LogP contribution in [0.4, 0.5) is 0 Å². The van der Waals surface area contributed by atoms with E-state index >= 15 is 0 Å². The van der Waals surface area contributed by atoms with Gasteiger partial charge in [0.05, 0.1) is 10.6 Å². The van der Waals surface area contributed by atoms with Crippen molar-refractivity contribution in [3.63, 3.8) is 0 Å². The molecule has 0 saturated heterocycles. The summed E-state index contributed by atoms with van der Waals surface area (Å²) in [6, 6.07) is 2.05. The molecular weight excluding hydrogens is 260 g/mol. The molecule has 0 bridgehead atoms. The molecule has 3 N–H and O–H groups in total. The first-order valence-electron chi connectivity index (χ1n) is 6.54. The van der Waals surface area contributed by atoms with Gasteiger partial charge >= 0.3 is 0 Å². The van der Waals surface area contributed by atoms with Crippen molar-refractivity contribution in [1.82, 2.24) is 15.1 Å². The Hall–Kier alpha value is -1.40. The minimum absolute atomic E-state index is 0.0112. The van der Waals surface area contributed by atoms with E-state index in [4.69, 9.17) is 5.73 Å². The number of thiophene rings is 1. The molecule has 2 heterocycles. The van der Waals surface area contributed by atoms with Crippen LogP contribution in [0.2, 0.25) is 0 Å². The first-order chi connectivity index (χ1) is 9.10. The molecule has 1 unspecified atom stereocenters. The van der Waals surface area contributed by atoms with Gasteiger partial charge in [0.2, 0.25) is 0 Å². The fraction of sp³-hybridized carbons (Fsp3) is 0.538. The summed E-state index contributed by atoms with van der Waals surface area (Å²) >= 11 is 1.49. The Bertz CT molecular complexity index is 591. The largest absolute Gasteiger partial charge is 0.347 e. The van der Waals surface area contributed by atoms with Crippen LogP contribution in [0, 0.1) is 12.8 Å². The fourth-order valence-corrected chi connectivity index (χ4v) is 3.45. The van der Waals surface area contributed by atoms with Crippen LogP contribution < -0.4 is 11.1 Å². The minimum atomic E-state index is -0.0112. The average molecular weight is 278 g/mol. The van der Waals surface area contributed by atoms with E-state index in [1.807, 2.05) is 24.7 Å². The van der Waals surface area contributed by atoms with Crippen molar-refractivity contribution < 1.29 is 4.79 Å². The highest BCUT2D eigenvalue weighted by molar-refractivity contribution is 7.20. The summed E-state index contributed by atoms with van der Waals surface area (Å²) in [5.41, 5.74) is 6.68. The standard InChI is InChI=1S/C13H18N4OS/c1-7-9-5-11(19-13(9)17(2)16-7)12(18)15-10(6-14)8-3-4-8/h5,8,10H,3-4,6,14H2,1-2H3,(H,15,18). The molecule has 0 aromatic carbocycles. The van der Waals surface area contributed by atoms with Crippen molar-refractivity contribution in [3.8, 4) is 0 Å². The first-order valence-corrected chi connectivity index (χ1v) is 7.36. The van der Waals surface area contributed by atoms with Gasteiger partial charge in [0.1, 0.15) is 4.83 Å². The smallest absolute Gasteiger partial charge is 0.261 e. The van der Waals surface area contributed by atoms with Crippen LogP contribution in [0.15, 0.2) is 6.07 Å². The van der Waals surface area contributed by atoms with Crippen LogP contribution in [0.3, 0.4) is 0 Å². The third kappa shape index (κ3) is 2.26. The lowest BCUT2D eigenvalue weighted by molar-refractivity contribution is 0.0937. The van der Waals surface area contributed by atoms with Gasteiger partial charge in [-0.05, 0) is 31.7 Å². The van der Waals surface area contributed by atoms with Gasteiger partial charge in [0, 0.05) is 25.0 Å². The second kappa shape index (κ2) is 4.61. The number of hydrogen-bond acceptors (Lipinski definition) is 4. The number of aromatic nitrogens is 2. The summed E-state index contributed by atoms with van der Waals surface area (Å²) in [6.07, 6.45) is 2.36. The zero-order valence-electron chi connectivity index (χ0n) is 11.1. The van der Waals surface area contributed by atoms with Crippen LogP contribution in [-0.2, 0) is 7.05 Å². The van der Waals surface area contributed by atoms with Gasteiger partial charge in [-0.1, -0.05) is 0 Å². The summed E-state index contributed by atoms with van der Waals surface area (Å²) in [5.74, 6) is 0.565. The zero-order chi connectivity index (χ0) is 13.6. The molecule has 0 spiro atoms. The van der Waals surface area contributed by atoms with E-state index in [2.05, 4.69) is 10.4 Å². The molecule has 5 nitrogen and oxygen atoms in total. The topological polar surface area (TPSA) is 72.9 Å².